The van der Waals surface area contributed by atoms with E-state index in [9.17, 15) is 4.79 Å². The van der Waals surface area contributed by atoms with Crippen molar-refractivity contribution in [3.05, 3.63) is 124 Å². The van der Waals surface area contributed by atoms with E-state index in [1.807, 2.05) is 54.6 Å². The Bertz CT molecular complexity index is 1070. The summed E-state index contributed by atoms with van der Waals surface area (Å²) in [7, 11) is 0. The van der Waals surface area contributed by atoms with Gasteiger partial charge in [0.2, 0.25) is 0 Å². The van der Waals surface area contributed by atoms with Crippen LogP contribution in [-0.4, -0.2) is 14.8 Å². The summed E-state index contributed by atoms with van der Waals surface area (Å²) in [6, 6.07) is 30.7. The predicted octanol–water partition coefficient (Wildman–Crippen LogP) is 5.66. The van der Waals surface area contributed by atoms with E-state index in [2.05, 4.69) is 53.5 Å². The van der Waals surface area contributed by atoms with Crippen molar-refractivity contribution in [1.82, 2.24) is 14.8 Å². The van der Waals surface area contributed by atoms with E-state index in [0.29, 0.717) is 12.4 Å². The Labute approximate surface area is 195 Å². The van der Waals surface area contributed by atoms with Crippen LogP contribution in [0.3, 0.4) is 0 Å². The quantitative estimate of drug-likeness (QED) is 0.241. The second-order valence-electron chi connectivity index (χ2n) is 8.23. The number of aromatic nitrogens is 3. The molecular formula is C28H31N3O2. The molecule has 1 aromatic heterocycles. The van der Waals surface area contributed by atoms with E-state index in [-0.39, 0.29) is 12.3 Å². The fourth-order valence-corrected chi connectivity index (χ4v) is 4.33. The normalized spacial score (nSPS) is 11.5. The molecule has 0 bridgehead atoms. The number of nitrogens with one attached hydrogen (secondary N) is 1. The van der Waals surface area contributed by atoms with Crippen molar-refractivity contribution in [2.45, 2.75) is 51.4 Å². The average Bonchev–Trinajstić information content (AvgIpc) is 3.23. The highest BCUT2D eigenvalue weighted by Gasteiger charge is 2.38. The van der Waals surface area contributed by atoms with Crippen molar-refractivity contribution in [2.75, 3.05) is 0 Å². The van der Waals surface area contributed by atoms with Gasteiger partial charge in [-0.25, -0.2) is 9.89 Å². The minimum Gasteiger partial charge on any atom is -0.353 e. The lowest BCUT2D eigenvalue weighted by Crippen LogP contribution is -2.33. The molecule has 0 radical (unpaired) electrons. The topological polar surface area (TPSA) is 59.9 Å². The lowest BCUT2D eigenvalue weighted by Gasteiger charge is -2.35. The third-order valence-corrected chi connectivity index (χ3v) is 6.03. The van der Waals surface area contributed by atoms with E-state index < -0.39 is 5.60 Å². The zero-order valence-corrected chi connectivity index (χ0v) is 19.1. The Kier molecular flexibility index (Phi) is 7.53. The molecule has 0 aliphatic carbocycles. The first-order valence-electron chi connectivity index (χ1n) is 11.7. The van der Waals surface area contributed by atoms with E-state index in [0.717, 1.165) is 42.4 Å². The number of ether oxygens (including phenoxy) is 1. The number of nitrogens with zero attached hydrogens (tertiary/aromatic N) is 2. The summed E-state index contributed by atoms with van der Waals surface area (Å²) in [6.07, 6.45) is 4.36. The van der Waals surface area contributed by atoms with Gasteiger partial charge in [0.15, 0.2) is 5.82 Å². The molecule has 1 heterocycles. The molecule has 0 aliphatic rings. The Morgan fingerprint density at radius 3 is 1.79 bits per heavy atom. The maximum atomic E-state index is 12.4. The molecule has 0 saturated carbocycles. The van der Waals surface area contributed by atoms with Gasteiger partial charge < -0.3 is 4.74 Å². The molecule has 0 unspecified atom stereocenters. The summed E-state index contributed by atoms with van der Waals surface area (Å²) in [5.74, 6) is 0.615. The molecule has 0 aliphatic heterocycles. The molecule has 0 saturated heterocycles. The third kappa shape index (κ3) is 4.99. The zero-order chi connectivity index (χ0) is 22.9. The van der Waals surface area contributed by atoms with Gasteiger partial charge in [-0.05, 0) is 23.1 Å². The lowest BCUT2D eigenvalue weighted by molar-refractivity contribution is -0.00474. The number of rotatable bonds is 11. The van der Waals surface area contributed by atoms with Crippen LogP contribution in [0.1, 0.15) is 55.1 Å². The SMILES string of the molecule is CCCCCCn1c(COC(c2ccccc2)(c2ccccc2)c2ccccc2)n[nH]c1=O. The summed E-state index contributed by atoms with van der Waals surface area (Å²) in [5, 5.41) is 6.91. The van der Waals surface area contributed by atoms with Crippen molar-refractivity contribution in [1.29, 1.82) is 0 Å². The van der Waals surface area contributed by atoms with Crippen molar-refractivity contribution < 1.29 is 4.74 Å². The molecule has 4 aromatic rings. The molecule has 5 heteroatoms. The van der Waals surface area contributed by atoms with E-state index >= 15 is 0 Å². The summed E-state index contributed by atoms with van der Waals surface area (Å²) < 4.78 is 8.52. The van der Waals surface area contributed by atoms with Crippen molar-refractivity contribution >= 4 is 0 Å². The minimum atomic E-state index is -0.841. The van der Waals surface area contributed by atoms with E-state index in [4.69, 9.17) is 4.74 Å². The first-order valence-corrected chi connectivity index (χ1v) is 11.7. The average molecular weight is 442 g/mol. The molecule has 0 amide bonds. The number of aromatic amines is 1. The number of hydrogen-bond acceptors (Lipinski definition) is 3. The highest BCUT2D eigenvalue weighted by atomic mass is 16.5. The van der Waals surface area contributed by atoms with Crippen molar-refractivity contribution in [2.24, 2.45) is 0 Å². The summed E-state index contributed by atoms with van der Waals surface area (Å²) in [4.78, 5) is 12.4. The van der Waals surface area contributed by atoms with Gasteiger partial charge in [-0.15, -0.1) is 0 Å². The van der Waals surface area contributed by atoms with Crippen molar-refractivity contribution in [3.63, 3.8) is 0 Å². The standard InChI is InChI=1S/C28H31N3O2/c1-2-3-4-14-21-31-26(29-30-27(31)32)22-33-28(23-15-8-5-9-16-23,24-17-10-6-11-18-24)25-19-12-7-13-20-25/h5-13,15-20H,2-4,14,21-22H2,1H3,(H,30,32). The monoisotopic (exact) mass is 441 g/mol. The summed E-state index contributed by atoms with van der Waals surface area (Å²) in [5.41, 5.74) is 2.04. The van der Waals surface area contributed by atoms with Crippen LogP contribution in [0.2, 0.25) is 0 Å². The van der Waals surface area contributed by atoms with Crippen molar-refractivity contribution in [3.8, 4) is 0 Å². The fourth-order valence-electron chi connectivity index (χ4n) is 4.33. The smallest absolute Gasteiger partial charge is 0.343 e. The van der Waals surface area contributed by atoms with Crippen LogP contribution in [0.5, 0.6) is 0 Å². The molecule has 4 rings (SSSR count). The fraction of sp³-hybridized carbons (Fsp3) is 0.286. The van der Waals surface area contributed by atoms with Crippen LogP contribution in [0, 0.1) is 0 Å². The highest BCUT2D eigenvalue weighted by molar-refractivity contribution is 5.47. The van der Waals surface area contributed by atoms with Gasteiger partial charge in [0.1, 0.15) is 12.2 Å². The number of unbranched alkanes of at least 4 members (excludes halogenated alkanes) is 3. The number of hydrogen-bond donors (Lipinski definition) is 1. The lowest BCUT2D eigenvalue weighted by atomic mass is 9.80. The molecule has 5 nitrogen and oxygen atoms in total. The maximum Gasteiger partial charge on any atom is 0.343 e. The molecule has 3 aromatic carbocycles. The number of benzene rings is 3. The first-order chi connectivity index (χ1) is 16.3. The van der Waals surface area contributed by atoms with Crippen LogP contribution >= 0.6 is 0 Å². The molecule has 0 atom stereocenters. The van der Waals surface area contributed by atoms with Gasteiger partial charge in [-0.2, -0.15) is 5.10 Å². The van der Waals surface area contributed by atoms with Gasteiger partial charge in [-0.1, -0.05) is 117 Å². The van der Waals surface area contributed by atoms with Gasteiger partial charge in [0.25, 0.3) is 0 Å². The second-order valence-corrected chi connectivity index (χ2v) is 8.23. The Balaban J connectivity index is 1.74. The Morgan fingerprint density at radius 1 is 0.788 bits per heavy atom. The molecule has 0 fully saturated rings. The largest absolute Gasteiger partial charge is 0.353 e. The van der Waals surface area contributed by atoms with Crippen LogP contribution in [0.15, 0.2) is 95.8 Å². The van der Waals surface area contributed by atoms with Crippen LogP contribution < -0.4 is 5.69 Å². The van der Waals surface area contributed by atoms with Crippen LogP contribution in [0.25, 0.3) is 0 Å². The van der Waals surface area contributed by atoms with Crippen LogP contribution in [0.4, 0.5) is 0 Å². The Hall–Kier alpha value is -3.44. The van der Waals surface area contributed by atoms with Crippen LogP contribution in [-0.2, 0) is 23.5 Å². The third-order valence-electron chi connectivity index (χ3n) is 6.03. The summed E-state index contributed by atoms with van der Waals surface area (Å²) >= 11 is 0. The first kappa shape index (κ1) is 22.7. The minimum absolute atomic E-state index is 0.185. The molecule has 170 valence electrons. The van der Waals surface area contributed by atoms with E-state index in [1.54, 1.807) is 4.57 Å². The predicted molar refractivity (Wildman–Crippen MR) is 131 cm³/mol. The molecule has 1 N–H and O–H groups in total. The summed E-state index contributed by atoms with van der Waals surface area (Å²) in [6.45, 7) is 3.02. The molecule has 0 spiro atoms. The zero-order valence-electron chi connectivity index (χ0n) is 19.1. The maximum absolute atomic E-state index is 12.4. The number of H-pyrrole nitrogens is 1. The highest BCUT2D eigenvalue weighted by Crippen LogP contribution is 2.40. The van der Waals surface area contributed by atoms with E-state index in [1.165, 1.54) is 0 Å². The second kappa shape index (κ2) is 10.9. The van der Waals surface area contributed by atoms with Gasteiger partial charge in [0.05, 0.1) is 0 Å². The van der Waals surface area contributed by atoms with Gasteiger partial charge in [-0.3, -0.25) is 4.57 Å². The Morgan fingerprint density at radius 2 is 1.30 bits per heavy atom. The van der Waals surface area contributed by atoms with Gasteiger partial charge in [0, 0.05) is 6.54 Å². The molecule has 33 heavy (non-hydrogen) atoms. The molecular weight excluding hydrogens is 410 g/mol. The van der Waals surface area contributed by atoms with Gasteiger partial charge >= 0.3 is 5.69 Å².